The largest absolute Gasteiger partial charge is 0.490 e. The maximum absolute atomic E-state index is 9.29. The summed E-state index contributed by atoms with van der Waals surface area (Å²) in [6.45, 7) is 4.18. The van der Waals surface area contributed by atoms with Gasteiger partial charge in [0.2, 0.25) is 0 Å². The minimum Gasteiger partial charge on any atom is -0.490 e. The van der Waals surface area contributed by atoms with Gasteiger partial charge < -0.3 is 14.6 Å². The van der Waals surface area contributed by atoms with Crippen molar-refractivity contribution >= 4 is 29.6 Å². The van der Waals surface area contributed by atoms with Gasteiger partial charge in [-0.3, -0.25) is 0 Å². The predicted molar refractivity (Wildman–Crippen MR) is 76.8 cm³/mol. The van der Waals surface area contributed by atoms with Crippen LogP contribution in [0.2, 0.25) is 0 Å². The molecule has 1 aliphatic rings. The molecule has 0 aliphatic carbocycles. The first-order chi connectivity index (χ1) is 8.72. The second-order valence-electron chi connectivity index (χ2n) is 4.63. The fraction of sp³-hybridized carbons (Fsp3) is 0.467. The van der Waals surface area contributed by atoms with Crippen LogP contribution in [-0.2, 0) is 12.8 Å². The van der Waals surface area contributed by atoms with Crippen LogP contribution in [-0.4, -0.2) is 47.4 Å². The minimum atomic E-state index is -0.462. The van der Waals surface area contributed by atoms with Crippen LogP contribution in [0.15, 0.2) is 24.5 Å². The van der Waals surface area contributed by atoms with Crippen LogP contribution < -0.4 is 9.47 Å². The van der Waals surface area contributed by atoms with Crippen LogP contribution in [0.25, 0.3) is 0 Å². The molecule has 1 aromatic carbocycles. The number of aliphatic hydroxyl groups is 1. The summed E-state index contributed by atoms with van der Waals surface area (Å²) in [6, 6.07) is 4.04. The van der Waals surface area contributed by atoms with E-state index < -0.39 is 6.10 Å². The molecule has 1 aromatic rings. The Bertz CT molecular complexity index is 441. The van der Waals surface area contributed by atoms with Gasteiger partial charge in [0.1, 0.15) is 18.1 Å². The average Bonchev–Trinajstić information content (AvgIpc) is 2.38. The first kappa shape index (κ1) is 16.6. The fourth-order valence-corrected chi connectivity index (χ4v) is 2.09. The van der Waals surface area contributed by atoms with Gasteiger partial charge in [0.05, 0.1) is 12.4 Å². The van der Waals surface area contributed by atoms with Crippen molar-refractivity contribution in [2.24, 2.45) is 0 Å². The van der Waals surface area contributed by atoms with Crippen molar-refractivity contribution in [3.63, 3.8) is 0 Å². The summed E-state index contributed by atoms with van der Waals surface area (Å²) >= 11 is 0. The second-order valence-corrected chi connectivity index (χ2v) is 4.63. The molecule has 0 aromatic heterocycles. The number of ether oxygens (including phenoxy) is 2. The molecule has 19 heavy (non-hydrogen) atoms. The van der Waals surface area contributed by atoms with Crippen LogP contribution in [0.1, 0.15) is 31.4 Å². The fourth-order valence-electron chi connectivity index (χ4n) is 2.09. The van der Waals surface area contributed by atoms with Gasteiger partial charge in [-0.05, 0) is 31.1 Å². The van der Waals surface area contributed by atoms with E-state index in [0.29, 0.717) is 6.61 Å². The van der Waals surface area contributed by atoms with Gasteiger partial charge in [-0.25, -0.2) is 0 Å². The Morgan fingerprint density at radius 3 is 2.89 bits per heavy atom. The molecule has 1 N–H and O–H groups in total. The average molecular weight is 271 g/mol. The van der Waals surface area contributed by atoms with Crippen molar-refractivity contribution in [2.75, 3.05) is 6.61 Å². The zero-order valence-corrected chi connectivity index (χ0v) is 14.0. The summed E-state index contributed by atoms with van der Waals surface area (Å²) < 4.78 is 11.3. The van der Waals surface area contributed by atoms with E-state index in [2.05, 4.69) is 13.0 Å². The molecule has 3 nitrogen and oxygen atoms in total. The number of hydrogen-bond donors (Lipinski definition) is 1. The Balaban J connectivity index is 0.00000180. The molecule has 0 amide bonds. The van der Waals surface area contributed by atoms with E-state index in [4.69, 9.17) is 9.47 Å². The molecule has 1 atom stereocenters. The molecule has 1 radical (unpaired) electrons. The summed E-state index contributed by atoms with van der Waals surface area (Å²) in [6.07, 6.45) is 6.17. The normalized spacial score (nSPS) is 14.1. The zero-order valence-electron chi connectivity index (χ0n) is 12.0. The number of benzene rings is 1. The number of allylic oxidation sites excluding steroid dienone is 1. The molecule has 0 bridgehead atoms. The Kier molecular flexibility index (Phi) is 6.94. The van der Waals surface area contributed by atoms with Crippen molar-refractivity contribution in [3.05, 3.63) is 35.6 Å². The van der Waals surface area contributed by atoms with E-state index >= 15 is 0 Å². The third-order valence-electron chi connectivity index (χ3n) is 2.90. The van der Waals surface area contributed by atoms with Crippen molar-refractivity contribution in [3.8, 4) is 11.5 Å². The molecule has 0 saturated heterocycles. The molecular formula is C15H20NaO3. The molecule has 0 saturated carbocycles. The van der Waals surface area contributed by atoms with Gasteiger partial charge in [0.25, 0.3) is 0 Å². The van der Waals surface area contributed by atoms with Gasteiger partial charge >= 0.3 is 0 Å². The van der Waals surface area contributed by atoms with Crippen molar-refractivity contribution in [1.29, 1.82) is 0 Å². The molecular weight excluding hydrogens is 251 g/mol. The number of rotatable bonds is 5. The van der Waals surface area contributed by atoms with Gasteiger partial charge in [0.15, 0.2) is 0 Å². The van der Waals surface area contributed by atoms with Crippen LogP contribution >= 0.6 is 0 Å². The molecule has 1 unspecified atom stereocenters. The SMILES string of the molecule is CCCc1ccc(OCC(C)O)c2c1OC=CC2.[Na]. The molecule has 0 fully saturated rings. The summed E-state index contributed by atoms with van der Waals surface area (Å²) in [5.74, 6) is 1.75. The Morgan fingerprint density at radius 2 is 2.21 bits per heavy atom. The van der Waals surface area contributed by atoms with E-state index in [0.717, 1.165) is 36.3 Å². The quantitative estimate of drug-likeness (QED) is 0.836. The number of aliphatic hydroxyl groups excluding tert-OH is 1. The van der Waals surface area contributed by atoms with Crippen molar-refractivity contribution in [2.45, 2.75) is 39.2 Å². The third-order valence-corrected chi connectivity index (χ3v) is 2.90. The number of fused-ring (bicyclic) bond motifs is 1. The van der Waals surface area contributed by atoms with Crippen molar-refractivity contribution in [1.82, 2.24) is 0 Å². The molecule has 4 heteroatoms. The molecule has 1 heterocycles. The summed E-state index contributed by atoms with van der Waals surface area (Å²) in [5.41, 5.74) is 2.31. The van der Waals surface area contributed by atoms with Gasteiger partial charge in [-0.1, -0.05) is 19.4 Å². The standard InChI is InChI=1S/C15H20O3.Na/c1-3-5-12-7-8-14(18-10-11(2)16)13-6-4-9-17-15(12)13;/h4,7-9,11,16H,3,5-6,10H2,1-2H3;. The predicted octanol–water partition coefficient (Wildman–Crippen LogP) is 2.47. The maximum atomic E-state index is 9.29. The summed E-state index contributed by atoms with van der Waals surface area (Å²) in [7, 11) is 0. The first-order valence-electron chi connectivity index (χ1n) is 6.49. The molecule has 1 aliphatic heterocycles. The van der Waals surface area contributed by atoms with Crippen LogP contribution in [0, 0.1) is 0 Å². The van der Waals surface area contributed by atoms with Gasteiger partial charge in [-0.2, -0.15) is 0 Å². The Labute approximate surface area is 136 Å². The second kappa shape index (κ2) is 7.95. The zero-order chi connectivity index (χ0) is 13.0. The Hall–Kier alpha value is -0.480. The van der Waals surface area contributed by atoms with Crippen LogP contribution in [0.4, 0.5) is 0 Å². The van der Waals surface area contributed by atoms with E-state index in [9.17, 15) is 5.11 Å². The maximum Gasteiger partial charge on any atom is 0.136 e. The topological polar surface area (TPSA) is 38.7 Å². The molecule has 99 valence electrons. The Morgan fingerprint density at radius 1 is 1.42 bits per heavy atom. The third kappa shape index (κ3) is 4.25. The van der Waals surface area contributed by atoms with Crippen LogP contribution in [0.5, 0.6) is 11.5 Å². The van der Waals surface area contributed by atoms with Crippen LogP contribution in [0.3, 0.4) is 0 Å². The summed E-state index contributed by atoms with van der Waals surface area (Å²) in [5, 5.41) is 9.29. The number of aryl methyl sites for hydroxylation is 1. The molecule has 0 spiro atoms. The van der Waals surface area contributed by atoms with Crippen molar-refractivity contribution < 1.29 is 14.6 Å². The monoisotopic (exact) mass is 271 g/mol. The minimum absolute atomic E-state index is 0. The molecule has 2 rings (SSSR count). The smallest absolute Gasteiger partial charge is 0.136 e. The van der Waals surface area contributed by atoms with Gasteiger partial charge in [0, 0.05) is 41.5 Å². The van der Waals surface area contributed by atoms with E-state index in [1.54, 1.807) is 13.2 Å². The first-order valence-corrected chi connectivity index (χ1v) is 6.49. The van der Waals surface area contributed by atoms with E-state index in [-0.39, 0.29) is 29.6 Å². The summed E-state index contributed by atoms with van der Waals surface area (Å²) in [4.78, 5) is 0. The van der Waals surface area contributed by atoms with Gasteiger partial charge in [-0.15, -0.1) is 0 Å². The van der Waals surface area contributed by atoms with E-state index in [1.165, 1.54) is 5.56 Å². The number of hydrogen-bond acceptors (Lipinski definition) is 3. The van der Waals surface area contributed by atoms with E-state index in [1.807, 2.05) is 12.1 Å².